The molecule has 166 valence electrons. The van der Waals surface area contributed by atoms with Crippen molar-refractivity contribution >= 4 is 39.3 Å². The second-order valence-electron chi connectivity index (χ2n) is 7.39. The molecule has 1 unspecified atom stereocenters. The van der Waals surface area contributed by atoms with Crippen LogP contribution in [0.15, 0.2) is 69.1 Å². The minimum absolute atomic E-state index is 0.142. The molecular weight excluding hydrogens is 456 g/mol. The predicted molar refractivity (Wildman–Crippen MR) is 133 cm³/mol. The molecule has 0 amide bonds. The van der Waals surface area contributed by atoms with E-state index < -0.39 is 23.3 Å². The number of carboxylic acids is 1. The minimum atomic E-state index is -1.03. The third kappa shape index (κ3) is 4.80. The van der Waals surface area contributed by atoms with Crippen LogP contribution in [0, 0.1) is 11.8 Å². The molecule has 1 atom stereocenters. The van der Waals surface area contributed by atoms with Gasteiger partial charge in [-0.15, -0.1) is 23.1 Å². The number of aromatic carboxylic acids is 1. The van der Waals surface area contributed by atoms with Crippen LogP contribution in [0.3, 0.4) is 0 Å². The maximum Gasteiger partial charge on any atom is 0.335 e. The first-order valence-corrected chi connectivity index (χ1v) is 12.1. The van der Waals surface area contributed by atoms with Crippen molar-refractivity contribution in [3.63, 3.8) is 0 Å². The van der Waals surface area contributed by atoms with Crippen LogP contribution in [-0.2, 0) is 6.42 Å². The standard InChI is InChI=1S/C25H20N2O4S2/c1-15(17-9-11-18(12-10-17)24(29)30)27-23(28)21-14-20(33-22(21)26-25(27)31)8-4-6-16-5-3-7-19(13-16)32-2/h3,5,7,9-15H,6H2,1-2H3,(H,26,31)(H,29,30). The normalized spacial score (nSPS) is 11.7. The van der Waals surface area contributed by atoms with Gasteiger partial charge in [-0.3, -0.25) is 14.3 Å². The number of nitrogens with zero attached hydrogens (tertiary/aromatic N) is 1. The summed E-state index contributed by atoms with van der Waals surface area (Å²) >= 11 is 2.96. The number of thiophene rings is 1. The van der Waals surface area contributed by atoms with Gasteiger partial charge in [-0.1, -0.05) is 36.1 Å². The Hall–Kier alpha value is -3.54. The fourth-order valence-electron chi connectivity index (χ4n) is 3.50. The molecular formula is C25H20N2O4S2. The van der Waals surface area contributed by atoms with E-state index in [2.05, 4.69) is 29.0 Å². The van der Waals surface area contributed by atoms with E-state index in [1.165, 1.54) is 28.4 Å². The van der Waals surface area contributed by atoms with Crippen molar-refractivity contribution in [2.45, 2.75) is 24.3 Å². The lowest BCUT2D eigenvalue weighted by atomic mass is 10.1. The monoisotopic (exact) mass is 476 g/mol. The molecule has 2 heterocycles. The maximum absolute atomic E-state index is 13.1. The Labute approximate surface area is 197 Å². The van der Waals surface area contributed by atoms with Gasteiger partial charge >= 0.3 is 11.7 Å². The van der Waals surface area contributed by atoms with Crippen LogP contribution in [0.25, 0.3) is 10.2 Å². The molecule has 2 aromatic heterocycles. The molecule has 0 aliphatic rings. The number of H-pyrrole nitrogens is 1. The van der Waals surface area contributed by atoms with E-state index in [4.69, 9.17) is 5.11 Å². The second kappa shape index (κ2) is 9.53. The van der Waals surface area contributed by atoms with Crippen molar-refractivity contribution in [2.24, 2.45) is 0 Å². The van der Waals surface area contributed by atoms with E-state index in [0.717, 1.165) is 10.1 Å². The summed E-state index contributed by atoms with van der Waals surface area (Å²) < 4.78 is 1.15. The third-order valence-corrected chi connectivity index (χ3v) is 6.98. The Balaban J connectivity index is 1.64. The van der Waals surface area contributed by atoms with Gasteiger partial charge in [0, 0.05) is 11.3 Å². The van der Waals surface area contributed by atoms with E-state index in [-0.39, 0.29) is 5.56 Å². The molecule has 0 saturated carbocycles. The van der Waals surface area contributed by atoms with Crippen LogP contribution in [0.1, 0.15) is 39.3 Å². The molecule has 2 N–H and O–H groups in total. The molecule has 8 heteroatoms. The number of carbonyl (C=O) groups is 1. The largest absolute Gasteiger partial charge is 0.478 e. The summed E-state index contributed by atoms with van der Waals surface area (Å²) in [4.78, 5) is 42.0. The Bertz CT molecular complexity index is 1520. The van der Waals surface area contributed by atoms with Crippen molar-refractivity contribution in [3.8, 4) is 11.8 Å². The average molecular weight is 477 g/mol. The Kier molecular flexibility index (Phi) is 6.54. The van der Waals surface area contributed by atoms with Crippen LogP contribution in [0.2, 0.25) is 0 Å². The third-order valence-electron chi connectivity index (χ3n) is 5.29. The average Bonchev–Trinajstić information content (AvgIpc) is 3.22. The number of aromatic nitrogens is 2. The quantitative estimate of drug-likeness (QED) is 0.330. The molecule has 2 aromatic carbocycles. The highest BCUT2D eigenvalue weighted by atomic mass is 32.2. The number of rotatable bonds is 5. The number of hydrogen-bond acceptors (Lipinski definition) is 5. The van der Waals surface area contributed by atoms with Crippen molar-refractivity contribution in [1.82, 2.24) is 9.55 Å². The van der Waals surface area contributed by atoms with Crippen LogP contribution in [-0.4, -0.2) is 26.9 Å². The highest BCUT2D eigenvalue weighted by Gasteiger charge is 2.17. The number of thioether (sulfide) groups is 1. The van der Waals surface area contributed by atoms with Crippen LogP contribution in [0.5, 0.6) is 0 Å². The van der Waals surface area contributed by atoms with Gasteiger partial charge in [0.1, 0.15) is 4.83 Å². The van der Waals surface area contributed by atoms with Gasteiger partial charge in [0.15, 0.2) is 0 Å². The smallest absolute Gasteiger partial charge is 0.335 e. The van der Waals surface area contributed by atoms with E-state index >= 15 is 0 Å². The molecule has 4 rings (SSSR count). The second-order valence-corrected chi connectivity index (χ2v) is 9.32. The Morgan fingerprint density at radius 2 is 1.94 bits per heavy atom. The van der Waals surface area contributed by atoms with Crippen molar-refractivity contribution in [1.29, 1.82) is 0 Å². The SMILES string of the molecule is CSc1cccc(CC#Cc2cc3c(=O)n(C(C)c4ccc(C(=O)O)cc4)c(=O)[nH]c3s2)c1. The molecule has 4 aromatic rings. The summed E-state index contributed by atoms with van der Waals surface area (Å²) in [5, 5.41) is 9.47. The highest BCUT2D eigenvalue weighted by molar-refractivity contribution is 7.98. The van der Waals surface area contributed by atoms with Crippen molar-refractivity contribution in [2.75, 3.05) is 6.26 Å². The number of fused-ring (bicyclic) bond motifs is 1. The lowest BCUT2D eigenvalue weighted by molar-refractivity contribution is 0.0697. The summed E-state index contributed by atoms with van der Waals surface area (Å²) in [6.07, 6.45) is 2.62. The summed E-state index contributed by atoms with van der Waals surface area (Å²) in [5.41, 5.74) is 1.01. The van der Waals surface area contributed by atoms with E-state index in [0.29, 0.717) is 27.1 Å². The first-order chi connectivity index (χ1) is 15.9. The van der Waals surface area contributed by atoms with Gasteiger partial charge in [-0.05, 0) is 54.6 Å². The molecule has 0 bridgehead atoms. The highest BCUT2D eigenvalue weighted by Crippen LogP contribution is 2.22. The summed E-state index contributed by atoms with van der Waals surface area (Å²) in [7, 11) is 0. The maximum atomic E-state index is 13.1. The summed E-state index contributed by atoms with van der Waals surface area (Å²) in [6.45, 7) is 1.73. The number of nitrogens with one attached hydrogen (secondary N) is 1. The fourth-order valence-corrected chi connectivity index (χ4v) is 4.90. The molecule has 0 spiro atoms. The van der Waals surface area contributed by atoms with Crippen LogP contribution < -0.4 is 11.2 Å². The molecule has 0 saturated heterocycles. The lowest BCUT2D eigenvalue weighted by Crippen LogP contribution is -2.37. The topological polar surface area (TPSA) is 92.2 Å². The molecule has 0 aliphatic carbocycles. The zero-order valence-corrected chi connectivity index (χ0v) is 19.5. The minimum Gasteiger partial charge on any atom is -0.478 e. The van der Waals surface area contributed by atoms with Crippen molar-refractivity contribution < 1.29 is 9.90 Å². The van der Waals surface area contributed by atoms with E-state index in [1.807, 2.05) is 18.4 Å². The van der Waals surface area contributed by atoms with Crippen molar-refractivity contribution in [3.05, 3.63) is 97.0 Å². The zero-order chi connectivity index (χ0) is 23.5. The molecule has 6 nitrogen and oxygen atoms in total. The fraction of sp³-hybridized carbons (Fsp3) is 0.160. The molecule has 0 aliphatic heterocycles. The summed E-state index contributed by atoms with van der Waals surface area (Å²) in [5.74, 6) is 5.21. The number of benzene rings is 2. The van der Waals surface area contributed by atoms with Gasteiger partial charge in [0.05, 0.1) is 21.9 Å². The van der Waals surface area contributed by atoms with Gasteiger partial charge in [0.25, 0.3) is 5.56 Å². The van der Waals surface area contributed by atoms with Gasteiger partial charge in [-0.25, -0.2) is 9.59 Å². The number of aromatic amines is 1. The van der Waals surface area contributed by atoms with E-state index in [9.17, 15) is 14.4 Å². The summed E-state index contributed by atoms with van der Waals surface area (Å²) in [6, 6.07) is 15.5. The number of carboxylic acid groups (broad SMARTS) is 1. The molecule has 0 radical (unpaired) electrons. The van der Waals surface area contributed by atoms with E-state index in [1.54, 1.807) is 36.9 Å². The van der Waals surface area contributed by atoms with Crippen LogP contribution >= 0.6 is 23.1 Å². The molecule has 33 heavy (non-hydrogen) atoms. The zero-order valence-electron chi connectivity index (χ0n) is 17.9. The van der Waals surface area contributed by atoms with Gasteiger partial charge in [0.2, 0.25) is 0 Å². The first-order valence-electron chi connectivity index (χ1n) is 10.1. The Morgan fingerprint density at radius 3 is 2.64 bits per heavy atom. The Morgan fingerprint density at radius 1 is 1.18 bits per heavy atom. The first kappa shape index (κ1) is 22.6. The van der Waals surface area contributed by atoms with Gasteiger partial charge in [-0.2, -0.15) is 0 Å². The molecule has 0 fully saturated rings. The van der Waals surface area contributed by atoms with Gasteiger partial charge < -0.3 is 5.11 Å². The predicted octanol–water partition coefficient (Wildman–Crippen LogP) is 4.37. The lowest BCUT2D eigenvalue weighted by Gasteiger charge is -2.14. The van der Waals surface area contributed by atoms with Crippen LogP contribution in [0.4, 0.5) is 0 Å². The number of hydrogen-bond donors (Lipinski definition) is 2.